The van der Waals surface area contributed by atoms with Crippen LogP contribution in [0.15, 0.2) is 54.6 Å². The number of rotatable bonds is 8. The van der Waals surface area contributed by atoms with E-state index in [1.807, 2.05) is 24.3 Å². The second kappa shape index (κ2) is 7.97. The summed E-state index contributed by atoms with van der Waals surface area (Å²) >= 11 is 0. The number of benzene rings is 2. The molecule has 1 aliphatic heterocycles. The van der Waals surface area contributed by atoms with Crippen LogP contribution in [0, 0.1) is 0 Å². The van der Waals surface area contributed by atoms with Gasteiger partial charge in [-0.15, -0.1) is 0 Å². The van der Waals surface area contributed by atoms with E-state index in [-0.39, 0.29) is 6.61 Å². The summed E-state index contributed by atoms with van der Waals surface area (Å²) in [4.78, 5) is 13.4. The molecule has 1 heterocycles. The number of hydrogen-bond donors (Lipinski definition) is 1. The molecular formula is C20H24N2O2. The van der Waals surface area contributed by atoms with Crippen LogP contribution in [0.5, 0.6) is 5.75 Å². The van der Waals surface area contributed by atoms with Crippen molar-refractivity contribution < 1.29 is 9.53 Å². The van der Waals surface area contributed by atoms with Gasteiger partial charge in [-0.25, -0.2) is 0 Å². The zero-order chi connectivity index (χ0) is 16.8. The van der Waals surface area contributed by atoms with Gasteiger partial charge in [-0.3, -0.25) is 4.79 Å². The van der Waals surface area contributed by atoms with Gasteiger partial charge in [0, 0.05) is 12.5 Å². The fourth-order valence-corrected chi connectivity index (χ4v) is 3.08. The standard InChI is InChI=1S/C20H24N2O2/c21-20(23)15-24-19-9-4-8-17(13-19)18(14-22-10-5-11-22)12-16-6-2-1-3-7-16/h1-4,6-9,13,18H,5,10-12,14-15H2,(H2,21,23). The van der Waals surface area contributed by atoms with Crippen molar-refractivity contribution in [2.75, 3.05) is 26.2 Å². The first-order valence-electron chi connectivity index (χ1n) is 8.48. The minimum atomic E-state index is -0.457. The highest BCUT2D eigenvalue weighted by molar-refractivity contribution is 5.75. The number of nitrogens with zero attached hydrogens (tertiary/aromatic N) is 1. The van der Waals surface area contributed by atoms with Gasteiger partial charge in [0.25, 0.3) is 5.91 Å². The molecule has 1 aliphatic rings. The normalized spacial score (nSPS) is 15.5. The van der Waals surface area contributed by atoms with E-state index in [4.69, 9.17) is 10.5 Å². The van der Waals surface area contributed by atoms with Crippen LogP contribution >= 0.6 is 0 Å². The molecule has 3 rings (SSSR count). The number of carbonyl (C=O) groups excluding carboxylic acids is 1. The molecule has 1 amide bonds. The predicted octanol–water partition coefficient (Wildman–Crippen LogP) is 2.58. The number of carbonyl (C=O) groups is 1. The predicted molar refractivity (Wildman–Crippen MR) is 95.1 cm³/mol. The van der Waals surface area contributed by atoms with Crippen molar-refractivity contribution in [2.45, 2.75) is 18.8 Å². The summed E-state index contributed by atoms with van der Waals surface area (Å²) in [7, 11) is 0. The van der Waals surface area contributed by atoms with Gasteiger partial charge in [-0.05, 0) is 49.2 Å². The SMILES string of the molecule is NC(=O)COc1cccc(C(Cc2ccccc2)CN2CCC2)c1. The third kappa shape index (κ3) is 4.59. The molecular weight excluding hydrogens is 300 g/mol. The Labute approximate surface area is 143 Å². The lowest BCUT2D eigenvalue weighted by Crippen LogP contribution is -2.40. The van der Waals surface area contributed by atoms with Gasteiger partial charge in [0.2, 0.25) is 0 Å². The Bertz CT molecular complexity index is 668. The van der Waals surface area contributed by atoms with Crippen LogP contribution in [-0.2, 0) is 11.2 Å². The zero-order valence-electron chi connectivity index (χ0n) is 13.9. The Morgan fingerprint density at radius 3 is 2.58 bits per heavy atom. The highest BCUT2D eigenvalue weighted by Gasteiger charge is 2.21. The highest BCUT2D eigenvalue weighted by Crippen LogP contribution is 2.27. The van der Waals surface area contributed by atoms with Gasteiger partial charge in [0.05, 0.1) is 0 Å². The molecule has 1 unspecified atom stereocenters. The summed E-state index contributed by atoms with van der Waals surface area (Å²) < 4.78 is 5.47. The lowest BCUT2D eigenvalue weighted by Gasteiger charge is -2.34. The molecule has 0 bridgehead atoms. The van der Waals surface area contributed by atoms with Gasteiger partial charge in [-0.2, -0.15) is 0 Å². The van der Waals surface area contributed by atoms with Gasteiger partial charge < -0.3 is 15.4 Å². The molecule has 0 saturated carbocycles. The van der Waals surface area contributed by atoms with Crippen LogP contribution in [-0.4, -0.2) is 37.0 Å². The maximum atomic E-state index is 10.9. The molecule has 4 heteroatoms. The molecule has 2 N–H and O–H groups in total. The lowest BCUT2D eigenvalue weighted by molar-refractivity contribution is -0.119. The number of ether oxygens (including phenoxy) is 1. The molecule has 1 atom stereocenters. The van der Waals surface area contributed by atoms with Crippen molar-refractivity contribution in [1.29, 1.82) is 0 Å². The van der Waals surface area contributed by atoms with Crippen molar-refractivity contribution >= 4 is 5.91 Å². The van der Waals surface area contributed by atoms with Crippen molar-refractivity contribution in [3.05, 3.63) is 65.7 Å². The van der Waals surface area contributed by atoms with Crippen molar-refractivity contribution in [3.8, 4) is 5.75 Å². The monoisotopic (exact) mass is 324 g/mol. The Morgan fingerprint density at radius 1 is 1.12 bits per heavy atom. The molecule has 2 aromatic rings. The average molecular weight is 324 g/mol. The van der Waals surface area contributed by atoms with Crippen LogP contribution in [0.1, 0.15) is 23.5 Å². The summed E-state index contributed by atoms with van der Waals surface area (Å²) in [6, 6.07) is 18.6. The van der Waals surface area contributed by atoms with E-state index in [1.165, 1.54) is 30.6 Å². The summed E-state index contributed by atoms with van der Waals surface area (Å²) in [5.74, 6) is 0.652. The van der Waals surface area contributed by atoms with E-state index in [0.29, 0.717) is 11.7 Å². The summed E-state index contributed by atoms with van der Waals surface area (Å²) in [5, 5.41) is 0. The average Bonchev–Trinajstić information content (AvgIpc) is 2.56. The van der Waals surface area contributed by atoms with Crippen LogP contribution in [0.3, 0.4) is 0 Å². The first kappa shape index (κ1) is 16.5. The molecule has 1 saturated heterocycles. The quantitative estimate of drug-likeness (QED) is 0.812. The zero-order valence-corrected chi connectivity index (χ0v) is 13.9. The number of amides is 1. The Hall–Kier alpha value is -2.33. The summed E-state index contributed by atoms with van der Waals surface area (Å²) in [5.41, 5.74) is 7.74. The van der Waals surface area contributed by atoms with E-state index < -0.39 is 5.91 Å². The molecule has 0 spiro atoms. The summed E-state index contributed by atoms with van der Waals surface area (Å²) in [6.07, 6.45) is 2.29. The maximum absolute atomic E-state index is 10.9. The van der Waals surface area contributed by atoms with E-state index in [9.17, 15) is 4.79 Å². The third-order valence-electron chi connectivity index (χ3n) is 4.46. The topological polar surface area (TPSA) is 55.6 Å². The first-order valence-corrected chi connectivity index (χ1v) is 8.48. The van der Waals surface area contributed by atoms with Gasteiger partial charge in [-0.1, -0.05) is 42.5 Å². The number of hydrogen-bond acceptors (Lipinski definition) is 3. The first-order chi connectivity index (χ1) is 11.7. The van der Waals surface area contributed by atoms with Crippen LogP contribution in [0.2, 0.25) is 0 Å². The minimum absolute atomic E-state index is 0.0844. The molecule has 0 aliphatic carbocycles. The molecule has 0 radical (unpaired) electrons. The molecule has 126 valence electrons. The van der Waals surface area contributed by atoms with E-state index in [0.717, 1.165) is 13.0 Å². The second-order valence-corrected chi connectivity index (χ2v) is 6.37. The van der Waals surface area contributed by atoms with Crippen molar-refractivity contribution in [2.24, 2.45) is 5.73 Å². The third-order valence-corrected chi connectivity index (χ3v) is 4.46. The fourth-order valence-electron chi connectivity index (χ4n) is 3.08. The van der Waals surface area contributed by atoms with Crippen LogP contribution in [0.4, 0.5) is 0 Å². The number of likely N-dealkylation sites (tertiary alicyclic amines) is 1. The number of nitrogens with two attached hydrogens (primary N) is 1. The van der Waals surface area contributed by atoms with E-state index in [1.54, 1.807) is 0 Å². The van der Waals surface area contributed by atoms with Crippen LogP contribution < -0.4 is 10.5 Å². The van der Waals surface area contributed by atoms with Crippen molar-refractivity contribution in [1.82, 2.24) is 4.90 Å². The van der Waals surface area contributed by atoms with E-state index >= 15 is 0 Å². The molecule has 4 nitrogen and oxygen atoms in total. The molecule has 24 heavy (non-hydrogen) atoms. The Morgan fingerprint density at radius 2 is 1.92 bits per heavy atom. The highest BCUT2D eigenvalue weighted by atomic mass is 16.5. The molecule has 2 aromatic carbocycles. The van der Waals surface area contributed by atoms with Crippen LogP contribution in [0.25, 0.3) is 0 Å². The smallest absolute Gasteiger partial charge is 0.255 e. The Balaban J connectivity index is 1.76. The van der Waals surface area contributed by atoms with Gasteiger partial charge in [0.1, 0.15) is 5.75 Å². The molecule has 1 fully saturated rings. The van der Waals surface area contributed by atoms with Crippen molar-refractivity contribution in [3.63, 3.8) is 0 Å². The molecule has 0 aromatic heterocycles. The largest absolute Gasteiger partial charge is 0.484 e. The fraction of sp³-hybridized carbons (Fsp3) is 0.350. The number of primary amides is 1. The minimum Gasteiger partial charge on any atom is -0.484 e. The van der Waals surface area contributed by atoms with E-state index in [2.05, 4.69) is 35.2 Å². The maximum Gasteiger partial charge on any atom is 0.255 e. The lowest BCUT2D eigenvalue weighted by atomic mass is 9.90. The van der Waals surface area contributed by atoms with Gasteiger partial charge in [0.15, 0.2) is 6.61 Å². The summed E-state index contributed by atoms with van der Waals surface area (Å²) in [6.45, 7) is 3.33. The van der Waals surface area contributed by atoms with Gasteiger partial charge >= 0.3 is 0 Å². The second-order valence-electron chi connectivity index (χ2n) is 6.37. The Kier molecular flexibility index (Phi) is 5.49.